The van der Waals surface area contributed by atoms with Crippen molar-refractivity contribution < 1.29 is 27.2 Å². The molecule has 0 amide bonds. The van der Waals surface area contributed by atoms with Gasteiger partial charge in [-0.1, -0.05) is 67.0 Å². The highest BCUT2D eigenvalue weighted by molar-refractivity contribution is 8.01. The molecule has 14 heteroatoms. The minimum absolute atomic E-state index is 0.115. The Morgan fingerprint density at radius 3 is 2.23 bits per heavy atom. The molecule has 4 heterocycles. The van der Waals surface area contributed by atoms with Gasteiger partial charge in [-0.05, 0) is 65.7 Å². The molecule has 1 aromatic carbocycles. The Balaban J connectivity index is 1.55. The molecule has 0 bridgehead atoms. The van der Waals surface area contributed by atoms with Gasteiger partial charge in [-0.15, -0.1) is 11.8 Å². The van der Waals surface area contributed by atoms with E-state index in [1.54, 1.807) is 49.5 Å². The van der Waals surface area contributed by atoms with Gasteiger partial charge in [0.15, 0.2) is 16.9 Å². The van der Waals surface area contributed by atoms with Crippen molar-refractivity contribution >= 4 is 57.6 Å². The molecule has 2 saturated heterocycles. The lowest BCUT2D eigenvalue weighted by molar-refractivity contribution is -0.0586. The van der Waals surface area contributed by atoms with Crippen molar-refractivity contribution in [2.75, 3.05) is 7.11 Å². The molecule has 256 valence electrons. The molecule has 1 saturated carbocycles. The second kappa shape index (κ2) is 13.0. The first-order chi connectivity index (χ1) is 22.3. The Morgan fingerprint density at radius 1 is 0.979 bits per heavy atom. The fourth-order valence-corrected chi connectivity index (χ4v) is 21.7. The zero-order valence-corrected chi connectivity index (χ0v) is 32.3. The Morgan fingerprint density at radius 2 is 1.62 bits per heavy atom. The van der Waals surface area contributed by atoms with Crippen molar-refractivity contribution in [1.29, 1.82) is 0 Å². The van der Waals surface area contributed by atoms with E-state index < -0.39 is 45.4 Å². The second-order valence-corrected chi connectivity index (χ2v) is 24.9. The van der Waals surface area contributed by atoms with E-state index in [4.69, 9.17) is 34.0 Å². The van der Waals surface area contributed by atoms with E-state index in [0.29, 0.717) is 22.5 Å². The molecule has 1 aliphatic carbocycles. The summed E-state index contributed by atoms with van der Waals surface area (Å²) < 4.78 is 36.3. The quantitative estimate of drug-likeness (QED) is 0.129. The number of halogens is 1. The molecule has 2 aliphatic heterocycles. The molecule has 1 unspecified atom stereocenters. The van der Waals surface area contributed by atoms with E-state index in [0.717, 1.165) is 19.3 Å². The maximum absolute atomic E-state index is 14.0. The zero-order valence-electron chi connectivity index (χ0n) is 28.7. The molecule has 0 radical (unpaired) electrons. The van der Waals surface area contributed by atoms with Crippen LogP contribution in [0.25, 0.3) is 11.2 Å². The number of aromatic nitrogens is 4. The fourth-order valence-electron chi connectivity index (χ4n) is 7.90. The van der Waals surface area contributed by atoms with E-state index in [-0.39, 0.29) is 33.4 Å². The normalized spacial score (nSPS) is 28.5. The van der Waals surface area contributed by atoms with E-state index >= 15 is 0 Å². The van der Waals surface area contributed by atoms with Crippen LogP contribution in [0.1, 0.15) is 90.4 Å². The van der Waals surface area contributed by atoms with Crippen LogP contribution >= 0.6 is 23.4 Å². The first-order valence-corrected chi connectivity index (χ1v) is 21.9. The number of imidazole rings is 1. The summed E-state index contributed by atoms with van der Waals surface area (Å²) in [4.78, 5) is 27.3. The van der Waals surface area contributed by atoms with Crippen molar-refractivity contribution in [2.45, 2.75) is 125 Å². The fraction of sp³-hybridized carbons (Fsp3) is 0.636. The smallest absolute Gasteiger partial charge is 0.338 e. The lowest BCUT2D eigenvalue weighted by atomic mass is 9.93. The Hall–Kier alpha value is -2.01. The minimum atomic E-state index is -3.06. The number of carbonyl (C=O) groups is 1. The van der Waals surface area contributed by atoms with Crippen molar-refractivity contribution in [3.8, 4) is 5.75 Å². The van der Waals surface area contributed by atoms with Crippen LogP contribution in [-0.2, 0) is 17.7 Å². The van der Waals surface area contributed by atoms with Crippen LogP contribution in [0, 0.1) is 0 Å². The van der Waals surface area contributed by atoms with Crippen molar-refractivity contribution in [3.05, 3.63) is 47.6 Å². The van der Waals surface area contributed by atoms with Gasteiger partial charge in [-0.2, -0.15) is 0 Å². The number of benzene rings is 1. The second-order valence-electron chi connectivity index (χ2n) is 14.3. The lowest BCUT2D eigenvalue weighted by Crippen LogP contribution is -2.69. The summed E-state index contributed by atoms with van der Waals surface area (Å²) >= 11 is 8.47. The molecule has 2 aromatic heterocycles. The number of hydrogen-bond acceptors (Lipinski definition) is 10. The third-order valence-corrected chi connectivity index (χ3v) is 22.7. The van der Waals surface area contributed by atoms with E-state index in [9.17, 15) is 4.79 Å². The molecule has 1 spiro atoms. The van der Waals surface area contributed by atoms with Gasteiger partial charge in [-0.25, -0.2) is 19.7 Å². The first-order valence-electron chi connectivity index (χ1n) is 16.7. The van der Waals surface area contributed by atoms with Crippen molar-refractivity contribution in [3.63, 3.8) is 0 Å². The number of carbonyl (C=O) groups excluding carboxylic acids is 1. The third-order valence-electron chi connectivity index (χ3n) is 10.3. The van der Waals surface area contributed by atoms with Crippen LogP contribution in [-0.4, -0.2) is 72.8 Å². The predicted octanol–water partition coefficient (Wildman–Crippen LogP) is 8.21. The van der Waals surface area contributed by atoms with Gasteiger partial charge in [-0.3, -0.25) is 0 Å². The van der Waals surface area contributed by atoms with Crippen LogP contribution in [0.5, 0.6) is 5.75 Å². The van der Waals surface area contributed by atoms with Gasteiger partial charge in [0.25, 0.3) is 0 Å². The van der Waals surface area contributed by atoms with Crippen LogP contribution in [0.4, 0.5) is 0 Å². The highest BCUT2D eigenvalue weighted by atomic mass is 35.5. The number of thioether (sulfide) groups is 1. The summed E-state index contributed by atoms with van der Waals surface area (Å²) in [7, 11) is -4.30. The number of methoxy groups -OCH3 is 1. The summed E-state index contributed by atoms with van der Waals surface area (Å²) in [6, 6.07) is 6.97. The molecule has 3 aromatic rings. The van der Waals surface area contributed by atoms with Crippen LogP contribution in [0.3, 0.4) is 0 Å². The topological polar surface area (TPSA) is 107 Å². The summed E-state index contributed by atoms with van der Waals surface area (Å²) in [5.74, 6) is 0.219. The Bertz CT molecular complexity index is 1590. The molecule has 10 nitrogen and oxygen atoms in total. The van der Waals surface area contributed by atoms with E-state index in [1.165, 1.54) is 6.33 Å². The van der Waals surface area contributed by atoms with Crippen molar-refractivity contribution in [1.82, 2.24) is 19.5 Å². The lowest BCUT2D eigenvalue weighted by Gasteiger charge is -2.55. The molecule has 6 rings (SSSR count). The van der Waals surface area contributed by atoms with Gasteiger partial charge >= 0.3 is 23.1 Å². The van der Waals surface area contributed by atoms with E-state index in [1.807, 2.05) is 4.57 Å². The van der Waals surface area contributed by atoms with Gasteiger partial charge < -0.3 is 27.0 Å². The average Bonchev–Trinajstić information content (AvgIpc) is 3.71. The number of rotatable bonds is 8. The molecule has 3 aliphatic rings. The standard InChI is InChI=1S/C33H47ClN4O6SSi2/c1-19(2)46(20(3)4)42-25-11-10-16-33(25)28(43-47(44-46,21(5)6)22(7)8)27(41-32(39)23-12-14-24(40-9)15-13-23)31(45-33)38-18-37-30-26(38)29(34)35-17-36-30/h12-15,17-22,25,27-28,31H,10-11,16H2,1-9H3/t25-,27-,28+,31-,33?/m1/s1. The number of hydrogen-bond donors (Lipinski definition) is 0. The Kier molecular flexibility index (Phi) is 9.66. The average molecular weight is 719 g/mol. The first kappa shape index (κ1) is 34.8. The number of esters is 1. The number of ether oxygens (including phenoxy) is 2. The third kappa shape index (κ3) is 5.67. The summed E-state index contributed by atoms with van der Waals surface area (Å²) in [6.07, 6.45) is 4.48. The van der Waals surface area contributed by atoms with Crippen LogP contribution in [0.15, 0.2) is 36.9 Å². The largest absolute Gasteiger partial charge is 0.497 e. The molecular formula is C33H47ClN4O6SSi2. The highest BCUT2D eigenvalue weighted by Gasteiger charge is 2.70. The maximum atomic E-state index is 14.0. The van der Waals surface area contributed by atoms with Gasteiger partial charge in [0.1, 0.15) is 29.1 Å². The SMILES string of the molecule is COc1ccc(C(=O)O[C@H]2[C@H](n3cnc4ncnc(Cl)c43)SC34CCC[C@H]3O[Si](C(C)C)(C(C)C)O[Si](C(C)C)(C(C)C)O[C@@H]24)cc1. The molecule has 3 fully saturated rings. The zero-order chi connectivity index (χ0) is 33.9. The van der Waals surface area contributed by atoms with Crippen molar-refractivity contribution in [2.24, 2.45) is 0 Å². The van der Waals surface area contributed by atoms with E-state index in [2.05, 4.69) is 70.3 Å². The monoisotopic (exact) mass is 718 g/mol. The predicted molar refractivity (Wildman–Crippen MR) is 188 cm³/mol. The van der Waals surface area contributed by atoms with Crippen LogP contribution < -0.4 is 4.74 Å². The van der Waals surface area contributed by atoms with Gasteiger partial charge in [0.05, 0.1) is 29.9 Å². The van der Waals surface area contributed by atoms with Crippen LogP contribution in [0.2, 0.25) is 27.3 Å². The summed E-state index contributed by atoms with van der Waals surface area (Å²) in [5, 5.41) is -0.143. The van der Waals surface area contributed by atoms with Gasteiger partial charge in [0, 0.05) is 0 Å². The molecular weight excluding hydrogens is 672 g/mol. The highest BCUT2D eigenvalue weighted by Crippen LogP contribution is 2.64. The number of fused-ring (bicyclic) bond motifs is 1. The molecule has 0 N–H and O–H groups in total. The summed E-state index contributed by atoms with van der Waals surface area (Å²) in [5.41, 5.74) is 2.16. The molecule has 47 heavy (non-hydrogen) atoms. The maximum Gasteiger partial charge on any atom is 0.338 e. The van der Waals surface area contributed by atoms with Gasteiger partial charge in [0.2, 0.25) is 0 Å². The molecule has 5 atom stereocenters. The number of nitrogens with zero attached hydrogens (tertiary/aromatic N) is 4. The minimum Gasteiger partial charge on any atom is -0.497 e. The Labute approximate surface area is 289 Å². The summed E-state index contributed by atoms with van der Waals surface area (Å²) in [6.45, 7) is 17.8.